The van der Waals surface area contributed by atoms with Gasteiger partial charge in [0.1, 0.15) is 0 Å². The number of nitrogens with zero attached hydrogens (tertiary/aromatic N) is 3. The second-order valence-electron chi connectivity index (χ2n) is 17.3. The molecular formula is C62H43N3Si. The number of rotatable bonds is 9. The lowest BCUT2D eigenvalue weighted by molar-refractivity contribution is 1.18. The zero-order chi connectivity index (χ0) is 43.6. The van der Waals surface area contributed by atoms with E-state index in [1.807, 2.05) is 0 Å². The fraction of sp³-hybridized carbons (Fsp3) is 0. The lowest BCUT2D eigenvalue weighted by Crippen LogP contribution is -2.74. The molecule has 0 aliphatic heterocycles. The van der Waals surface area contributed by atoms with Crippen LogP contribution < -0.4 is 25.6 Å². The normalized spacial score (nSPS) is 11.9. The molecule has 0 spiro atoms. The summed E-state index contributed by atoms with van der Waals surface area (Å²) in [5.41, 5.74) is 10.4. The summed E-state index contributed by atoms with van der Waals surface area (Å²) in [5.74, 6) is 0. The number of hydrogen-bond donors (Lipinski definition) is 0. The van der Waals surface area contributed by atoms with Gasteiger partial charge in [0, 0.05) is 49.7 Å². The summed E-state index contributed by atoms with van der Waals surface area (Å²) >= 11 is 0. The number of para-hydroxylation sites is 3. The molecule has 66 heavy (non-hydrogen) atoms. The Morgan fingerprint density at radius 3 is 1.36 bits per heavy atom. The van der Waals surface area contributed by atoms with Crippen molar-refractivity contribution in [1.82, 2.24) is 9.13 Å². The molecule has 0 atom stereocenters. The molecule has 0 saturated carbocycles. The molecule has 0 saturated heterocycles. The summed E-state index contributed by atoms with van der Waals surface area (Å²) in [7, 11) is -2.82. The Hall–Kier alpha value is -8.44. The molecule has 0 radical (unpaired) electrons. The lowest BCUT2D eigenvalue weighted by Gasteiger charge is -2.34. The highest BCUT2D eigenvalue weighted by Crippen LogP contribution is 2.47. The maximum absolute atomic E-state index is 2.82. The van der Waals surface area contributed by atoms with Crippen LogP contribution in [0.5, 0.6) is 0 Å². The first-order chi connectivity index (χ1) is 32.8. The van der Waals surface area contributed by atoms with Gasteiger partial charge in [0.25, 0.3) is 0 Å². The largest absolute Gasteiger partial charge is 0.310 e. The molecule has 2 aromatic heterocycles. The molecule has 0 unspecified atom stereocenters. The second kappa shape index (κ2) is 15.4. The molecule has 11 aromatic carbocycles. The van der Waals surface area contributed by atoms with Crippen molar-refractivity contribution in [3.8, 4) is 11.4 Å². The molecule has 13 aromatic rings. The highest BCUT2D eigenvalue weighted by Gasteiger charge is 2.41. The predicted molar refractivity (Wildman–Crippen MR) is 282 cm³/mol. The molecule has 4 heteroatoms. The van der Waals surface area contributed by atoms with Gasteiger partial charge >= 0.3 is 0 Å². The highest BCUT2D eigenvalue weighted by atomic mass is 28.3. The fourth-order valence-electron chi connectivity index (χ4n) is 11.0. The molecule has 2 heterocycles. The Kier molecular flexibility index (Phi) is 8.86. The molecule has 0 aliphatic rings. The van der Waals surface area contributed by atoms with Gasteiger partial charge in [-0.3, -0.25) is 0 Å². The van der Waals surface area contributed by atoms with Gasteiger partial charge < -0.3 is 14.0 Å². The number of hydrogen-bond acceptors (Lipinski definition) is 1. The van der Waals surface area contributed by atoms with E-state index in [2.05, 4.69) is 275 Å². The minimum Gasteiger partial charge on any atom is -0.310 e. The van der Waals surface area contributed by atoms with E-state index >= 15 is 0 Å². The Labute approximate surface area is 384 Å². The quantitative estimate of drug-likeness (QED) is 0.0801. The van der Waals surface area contributed by atoms with Crippen molar-refractivity contribution in [2.24, 2.45) is 0 Å². The lowest BCUT2D eigenvalue weighted by atomic mass is 9.99. The molecule has 0 bridgehead atoms. The van der Waals surface area contributed by atoms with Crippen LogP contribution in [-0.4, -0.2) is 17.2 Å². The van der Waals surface area contributed by atoms with Crippen LogP contribution in [0, 0.1) is 0 Å². The average molecular weight is 858 g/mol. The van der Waals surface area contributed by atoms with Crippen molar-refractivity contribution in [3.63, 3.8) is 0 Å². The van der Waals surface area contributed by atoms with Crippen molar-refractivity contribution >= 4 is 100 Å². The van der Waals surface area contributed by atoms with E-state index in [0.29, 0.717) is 0 Å². The van der Waals surface area contributed by atoms with Crippen molar-refractivity contribution < 1.29 is 0 Å². The van der Waals surface area contributed by atoms with Crippen LogP contribution in [-0.2, 0) is 0 Å². The van der Waals surface area contributed by atoms with Crippen LogP contribution >= 0.6 is 0 Å². The van der Waals surface area contributed by atoms with Crippen molar-refractivity contribution in [3.05, 3.63) is 261 Å². The number of anilines is 3. The van der Waals surface area contributed by atoms with Crippen molar-refractivity contribution in [2.75, 3.05) is 4.90 Å². The molecule has 3 nitrogen and oxygen atoms in total. The zero-order valence-electron chi connectivity index (χ0n) is 36.2. The summed E-state index contributed by atoms with van der Waals surface area (Å²) in [6, 6.07) is 96.5. The number of aromatic nitrogens is 2. The Bertz CT molecular complexity index is 3750. The Balaban J connectivity index is 1.10. The predicted octanol–water partition coefficient (Wildman–Crippen LogP) is 13.3. The summed E-state index contributed by atoms with van der Waals surface area (Å²) in [5, 5.41) is 12.9. The Morgan fingerprint density at radius 1 is 0.288 bits per heavy atom. The van der Waals surface area contributed by atoms with Gasteiger partial charge in [-0.25, -0.2) is 0 Å². The van der Waals surface area contributed by atoms with Gasteiger partial charge in [-0.05, 0) is 105 Å². The molecule has 310 valence electrons. The molecule has 0 amide bonds. The topological polar surface area (TPSA) is 13.1 Å². The third-order valence-corrected chi connectivity index (χ3v) is 18.6. The van der Waals surface area contributed by atoms with E-state index in [4.69, 9.17) is 0 Å². The maximum atomic E-state index is 2.53. The van der Waals surface area contributed by atoms with Gasteiger partial charge in [-0.2, -0.15) is 0 Å². The van der Waals surface area contributed by atoms with Gasteiger partial charge in [0.2, 0.25) is 0 Å². The molecule has 0 fully saturated rings. The smallest absolute Gasteiger partial charge is 0.179 e. The van der Waals surface area contributed by atoms with Gasteiger partial charge in [0.05, 0.1) is 27.8 Å². The van der Waals surface area contributed by atoms with Gasteiger partial charge in [0.15, 0.2) is 8.07 Å². The van der Waals surface area contributed by atoms with Crippen LogP contribution in [0.15, 0.2) is 261 Å². The highest BCUT2D eigenvalue weighted by molar-refractivity contribution is 7.20. The van der Waals surface area contributed by atoms with Gasteiger partial charge in [-0.1, -0.05) is 182 Å². The van der Waals surface area contributed by atoms with Crippen LogP contribution in [0.2, 0.25) is 0 Å². The first-order valence-corrected chi connectivity index (χ1v) is 24.8. The van der Waals surface area contributed by atoms with Crippen molar-refractivity contribution in [1.29, 1.82) is 0 Å². The average Bonchev–Trinajstić information content (AvgIpc) is 3.91. The van der Waals surface area contributed by atoms with Crippen molar-refractivity contribution in [2.45, 2.75) is 0 Å². The Morgan fingerprint density at radius 2 is 0.773 bits per heavy atom. The number of fused-ring (bicyclic) bond motifs is 3. The second-order valence-corrected chi connectivity index (χ2v) is 21.1. The summed E-state index contributed by atoms with van der Waals surface area (Å²) < 4.78 is 4.87. The number of benzene rings is 11. The third-order valence-electron chi connectivity index (χ3n) is 13.8. The first-order valence-electron chi connectivity index (χ1n) is 22.8. The summed E-state index contributed by atoms with van der Waals surface area (Å²) in [6.07, 6.45) is 0. The minimum absolute atomic E-state index is 1.10. The van der Waals surface area contributed by atoms with Crippen LogP contribution in [0.4, 0.5) is 17.1 Å². The van der Waals surface area contributed by atoms with Crippen LogP contribution in [0.3, 0.4) is 0 Å². The van der Waals surface area contributed by atoms with E-state index in [1.165, 1.54) is 75.1 Å². The molecule has 13 rings (SSSR count). The minimum atomic E-state index is -2.82. The third kappa shape index (κ3) is 5.75. The van der Waals surface area contributed by atoms with E-state index in [9.17, 15) is 0 Å². The molecule has 0 N–H and O–H groups in total. The maximum Gasteiger partial charge on any atom is 0.179 e. The van der Waals surface area contributed by atoms with E-state index in [-0.39, 0.29) is 0 Å². The molecule has 0 aliphatic carbocycles. The van der Waals surface area contributed by atoms with Crippen LogP contribution in [0.1, 0.15) is 0 Å². The molecular weight excluding hydrogens is 815 g/mol. The monoisotopic (exact) mass is 857 g/mol. The van der Waals surface area contributed by atoms with Crippen LogP contribution in [0.25, 0.3) is 65.8 Å². The van der Waals surface area contributed by atoms with E-state index in [0.717, 1.165) is 28.4 Å². The first kappa shape index (κ1) is 38.1. The zero-order valence-corrected chi connectivity index (χ0v) is 37.2. The van der Waals surface area contributed by atoms with E-state index < -0.39 is 8.07 Å². The summed E-state index contributed by atoms with van der Waals surface area (Å²) in [6.45, 7) is 0. The SMILES string of the molecule is c1ccc(N(c2ccc3c(c2)c2cc([Si](c4ccccc4)(c4ccccc4)c4ccccc4)ccc2n3-c2ccccc2)c2ccc3c4c2ccc2cccc(c24)n3-c2ccccc2)cc1. The summed E-state index contributed by atoms with van der Waals surface area (Å²) in [4.78, 5) is 2.46. The van der Waals surface area contributed by atoms with Gasteiger partial charge in [-0.15, -0.1) is 0 Å². The van der Waals surface area contributed by atoms with E-state index in [1.54, 1.807) is 0 Å². The standard InChI is InChI=1S/C62H43N3Si/c1-7-21-45(22-8-1)63(56-40-41-60-62-53(56)37-34-44-20-19-33-59(61(44)62)65(60)47-25-11-3-12-26-47)48-35-38-57-54(42-48)55-43-52(36-39-58(55)64(57)46-23-9-2-10-24-46)66(49-27-13-4-14-28-49,50-29-15-5-16-30-50)51-31-17-6-18-32-51/h1-43H. The fourth-order valence-corrected chi connectivity index (χ4v) is 15.8.